The molecular formula is C48H46N2O6. The molecule has 0 unspecified atom stereocenters. The zero-order valence-electron chi connectivity index (χ0n) is 32.1. The molecule has 6 aromatic rings. The van der Waals surface area contributed by atoms with Crippen molar-refractivity contribution in [1.82, 2.24) is 10.6 Å². The van der Waals surface area contributed by atoms with Crippen molar-refractivity contribution >= 4 is 12.0 Å². The van der Waals surface area contributed by atoms with Crippen LogP contribution in [0.5, 0.6) is 17.2 Å². The van der Waals surface area contributed by atoms with E-state index in [4.69, 9.17) is 18.9 Å². The monoisotopic (exact) mass is 746 g/mol. The van der Waals surface area contributed by atoms with E-state index in [0.717, 1.165) is 50.9 Å². The lowest BCUT2D eigenvalue weighted by atomic mass is 9.96. The zero-order valence-corrected chi connectivity index (χ0v) is 32.1. The first kappa shape index (κ1) is 37.8. The molecule has 0 bridgehead atoms. The Balaban J connectivity index is 1.06. The van der Waals surface area contributed by atoms with Gasteiger partial charge in [0.15, 0.2) is 6.61 Å². The van der Waals surface area contributed by atoms with Gasteiger partial charge in [-0.05, 0) is 82.1 Å². The van der Waals surface area contributed by atoms with Crippen LogP contribution in [-0.2, 0) is 16.0 Å². The van der Waals surface area contributed by atoms with Crippen molar-refractivity contribution in [2.24, 2.45) is 0 Å². The predicted molar refractivity (Wildman–Crippen MR) is 219 cm³/mol. The first-order valence-electron chi connectivity index (χ1n) is 18.9. The van der Waals surface area contributed by atoms with Crippen molar-refractivity contribution in [3.63, 3.8) is 0 Å². The Hall–Kier alpha value is -6.54. The average Bonchev–Trinajstić information content (AvgIpc) is 3.57. The minimum atomic E-state index is -0.641. The predicted octanol–water partition coefficient (Wildman–Crippen LogP) is 9.49. The van der Waals surface area contributed by atoms with E-state index in [1.165, 1.54) is 5.56 Å². The summed E-state index contributed by atoms with van der Waals surface area (Å²) in [5.74, 6) is 1.33. The molecule has 7 rings (SSSR count). The van der Waals surface area contributed by atoms with Crippen molar-refractivity contribution in [3.8, 4) is 28.4 Å². The summed E-state index contributed by atoms with van der Waals surface area (Å²) < 4.78 is 23.1. The van der Waals surface area contributed by atoms with Gasteiger partial charge in [0.2, 0.25) is 0 Å². The van der Waals surface area contributed by atoms with Crippen LogP contribution in [0.3, 0.4) is 0 Å². The third kappa shape index (κ3) is 8.40. The van der Waals surface area contributed by atoms with Crippen LogP contribution in [0.25, 0.3) is 11.1 Å². The zero-order chi connectivity index (χ0) is 39.0. The number of carbonyl (C=O) groups is 2. The van der Waals surface area contributed by atoms with E-state index in [1.54, 1.807) is 32.4 Å². The summed E-state index contributed by atoms with van der Waals surface area (Å²) in [6.07, 6.45) is 0.369. The quantitative estimate of drug-likeness (QED) is 0.115. The fourth-order valence-corrected chi connectivity index (χ4v) is 7.33. The summed E-state index contributed by atoms with van der Waals surface area (Å²) in [6.45, 7) is 4.16. The number of hydrogen-bond donors (Lipinski definition) is 2. The lowest BCUT2D eigenvalue weighted by molar-refractivity contribution is -0.123. The molecule has 0 saturated heterocycles. The molecule has 1 aliphatic carbocycles. The van der Waals surface area contributed by atoms with Gasteiger partial charge in [0, 0.05) is 17.5 Å². The molecule has 2 N–H and O–H groups in total. The van der Waals surface area contributed by atoms with Gasteiger partial charge in [-0.25, -0.2) is 4.79 Å². The normalized spacial score (nSPS) is 12.8. The summed E-state index contributed by atoms with van der Waals surface area (Å²) >= 11 is 0. The Morgan fingerprint density at radius 2 is 1.21 bits per heavy atom. The van der Waals surface area contributed by atoms with Crippen LogP contribution in [0.2, 0.25) is 0 Å². The summed E-state index contributed by atoms with van der Waals surface area (Å²) in [5.41, 5.74) is 10.4. The van der Waals surface area contributed by atoms with E-state index in [-0.39, 0.29) is 31.1 Å². The SMILES string of the molecule is CCc1ccc([C@@H](NC(=O)COc2ccc([C@@H](NC(=O)OCC3c4ccccc4-c4ccccc43)c3ccc(OC)cc3OC)cc2)c2ccc(C)cc2)cc1. The highest BCUT2D eigenvalue weighted by molar-refractivity contribution is 5.80. The van der Waals surface area contributed by atoms with Gasteiger partial charge in [0.05, 0.1) is 26.3 Å². The number of amides is 2. The highest BCUT2D eigenvalue weighted by Crippen LogP contribution is 2.44. The fourth-order valence-electron chi connectivity index (χ4n) is 7.33. The Bertz CT molecular complexity index is 2240. The number of rotatable bonds is 14. The third-order valence-corrected chi connectivity index (χ3v) is 10.4. The van der Waals surface area contributed by atoms with Gasteiger partial charge in [-0.2, -0.15) is 0 Å². The Kier molecular flexibility index (Phi) is 11.7. The van der Waals surface area contributed by atoms with Crippen LogP contribution in [0, 0.1) is 6.92 Å². The van der Waals surface area contributed by atoms with Crippen LogP contribution >= 0.6 is 0 Å². The number of methoxy groups -OCH3 is 2. The van der Waals surface area contributed by atoms with Crippen molar-refractivity contribution in [1.29, 1.82) is 0 Å². The summed E-state index contributed by atoms with van der Waals surface area (Å²) in [4.78, 5) is 27.0. The molecule has 8 heteroatoms. The first-order chi connectivity index (χ1) is 27.3. The molecule has 56 heavy (non-hydrogen) atoms. The molecule has 1 aliphatic rings. The minimum Gasteiger partial charge on any atom is -0.497 e. The highest BCUT2D eigenvalue weighted by atomic mass is 16.5. The molecule has 0 heterocycles. The second kappa shape index (κ2) is 17.3. The molecule has 2 amide bonds. The number of nitrogens with one attached hydrogen (secondary N) is 2. The highest BCUT2D eigenvalue weighted by Gasteiger charge is 2.30. The molecule has 284 valence electrons. The largest absolute Gasteiger partial charge is 0.497 e. The van der Waals surface area contributed by atoms with Crippen LogP contribution < -0.4 is 24.8 Å². The average molecular weight is 747 g/mol. The van der Waals surface area contributed by atoms with Crippen LogP contribution in [0.15, 0.2) is 140 Å². The second-order valence-electron chi connectivity index (χ2n) is 13.9. The van der Waals surface area contributed by atoms with Crippen LogP contribution in [0.4, 0.5) is 4.79 Å². The molecule has 0 radical (unpaired) electrons. The van der Waals surface area contributed by atoms with Crippen molar-refractivity contribution < 1.29 is 28.5 Å². The number of ether oxygens (including phenoxy) is 4. The van der Waals surface area contributed by atoms with E-state index in [0.29, 0.717) is 22.8 Å². The number of carbonyl (C=O) groups excluding carboxylic acids is 2. The van der Waals surface area contributed by atoms with Gasteiger partial charge in [0.1, 0.15) is 23.9 Å². The van der Waals surface area contributed by atoms with Crippen LogP contribution in [0.1, 0.15) is 69.4 Å². The topological polar surface area (TPSA) is 95.1 Å². The molecular weight excluding hydrogens is 701 g/mol. The molecule has 6 aromatic carbocycles. The lowest BCUT2D eigenvalue weighted by Gasteiger charge is -2.23. The van der Waals surface area contributed by atoms with Gasteiger partial charge in [-0.15, -0.1) is 0 Å². The molecule has 0 saturated carbocycles. The number of fused-ring (bicyclic) bond motifs is 3. The molecule has 0 aromatic heterocycles. The lowest BCUT2D eigenvalue weighted by Crippen LogP contribution is -2.33. The summed E-state index contributed by atoms with van der Waals surface area (Å²) in [7, 11) is 3.17. The maximum Gasteiger partial charge on any atom is 0.407 e. The van der Waals surface area contributed by atoms with Crippen LogP contribution in [-0.4, -0.2) is 39.4 Å². The minimum absolute atomic E-state index is 0.0791. The molecule has 0 spiro atoms. The van der Waals surface area contributed by atoms with Gasteiger partial charge >= 0.3 is 6.09 Å². The Morgan fingerprint density at radius 1 is 0.643 bits per heavy atom. The molecule has 8 nitrogen and oxygen atoms in total. The molecule has 0 fully saturated rings. The molecule has 2 atom stereocenters. The van der Waals surface area contributed by atoms with E-state index in [2.05, 4.69) is 66.1 Å². The van der Waals surface area contributed by atoms with E-state index in [9.17, 15) is 9.59 Å². The standard InChI is InChI=1S/C48H46N2O6/c1-5-32-16-20-34(21-17-32)46(33-18-14-31(2)15-19-33)49-45(51)30-55-36-24-22-35(23-25-36)47(42-27-26-37(53-3)28-44(42)54-4)50-48(52)56-29-43-40-12-8-6-10-38(40)39-11-7-9-13-41(39)43/h6-28,43,46-47H,5,29-30H2,1-4H3,(H,49,51)(H,50,52)/t46-,47+/m0/s1. The van der Waals surface area contributed by atoms with Crippen molar-refractivity contribution in [2.75, 3.05) is 27.4 Å². The van der Waals surface area contributed by atoms with Gasteiger partial charge in [0.25, 0.3) is 5.91 Å². The van der Waals surface area contributed by atoms with Gasteiger partial charge in [-0.3, -0.25) is 4.79 Å². The number of hydrogen-bond acceptors (Lipinski definition) is 6. The number of benzene rings is 6. The number of aryl methyl sites for hydroxylation is 2. The second-order valence-corrected chi connectivity index (χ2v) is 13.9. The van der Waals surface area contributed by atoms with Crippen molar-refractivity contribution in [2.45, 2.75) is 38.3 Å². The summed E-state index contributed by atoms with van der Waals surface area (Å²) in [6, 6.07) is 44.7. The van der Waals surface area contributed by atoms with E-state index < -0.39 is 12.1 Å². The maximum absolute atomic E-state index is 13.6. The van der Waals surface area contributed by atoms with Crippen molar-refractivity contribution in [3.05, 3.63) is 184 Å². The van der Waals surface area contributed by atoms with E-state index >= 15 is 0 Å². The fraction of sp³-hybridized carbons (Fsp3) is 0.208. The Labute approximate surface area is 328 Å². The first-order valence-corrected chi connectivity index (χ1v) is 18.9. The smallest absolute Gasteiger partial charge is 0.407 e. The summed E-state index contributed by atoms with van der Waals surface area (Å²) in [5, 5.41) is 6.24. The van der Waals surface area contributed by atoms with E-state index in [1.807, 2.05) is 79.7 Å². The Morgan fingerprint density at radius 3 is 1.82 bits per heavy atom. The number of alkyl carbamates (subject to hydrolysis) is 1. The van der Waals surface area contributed by atoms with Gasteiger partial charge in [-0.1, -0.05) is 122 Å². The van der Waals surface area contributed by atoms with Gasteiger partial charge < -0.3 is 29.6 Å². The molecule has 0 aliphatic heterocycles. The third-order valence-electron chi connectivity index (χ3n) is 10.4. The maximum atomic E-state index is 13.6.